The summed E-state index contributed by atoms with van der Waals surface area (Å²) in [6.07, 6.45) is 0. The molecular weight excluding hydrogens is 338 g/mol. The van der Waals surface area contributed by atoms with Gasteiger partial charge in [-0.3, -0.25) is 4.79 Å². The SMILES string of the molecule is CC(C)COCCNC(=O)c1ccccc1OCc1ccccc1Cl. The lowest BCUT2D eigenvalue weighted by atomic mass is 10.2. The molecule has 0 unspecified atom stereocenters. The summed E-state index contributed by atoms with van der Waals surface area (Å²) in [6, 6.07) is 14.7. The van der Waals surface area contributed by atoms with E-state index >= 15 is 0 Å². The standard InChI is InChI=1S/C20H24ClNO3/c1-15(2)13-24-12-11-22-20(23)17-8-4-6-10-19(17)25-14-16-7-3-5-9-18(16)21/h3-10,15H,11-14H2,1-2H3,(H,22,23). The number of hydrogen-bond donors (Lipinski definition) is 1. The lowest BCUT2D eigenvalue weighted by Gasteiger charge is -2.13. The van der Waals surface area contributed by atoms with Crippen LogP contribution in [0.3, 0.4) is 0 Å². The van der Waals surface area contributed by atoms with E-state index in [-0.39, 0.29) is 5.91 Å². The normalized spacial score (nSPS) is 10.7. The van der Waals surface area contributed by atoms with Crippen molar-refractivity contribution in [1.29, 1.82) is 0 Å². The van der Waals surface area contributed by atoms with Crippen LogP contribution in [0, 0.1) is 5.92 Å². The molecule has 0 aliphatic carbocycles. The number of hydrogen-bond acceptors (Lipinski definition) is 3. The fourth-order valence-electron chi connectivity index (χ4n) is 2.20. The first-order valence-electron chi connectivity index (χ1n) is 8.39. The van der Waals surface area contributed by atoms with Crippen LogP contribution >= 0.6 is 11.6 Å². The topological polar surface area (TPSA) is 47.6 Å². The minimum Gasteiger partial charge on any atom is -0.488 e. The monoisotopic (exact) mass is 361 g/mol. The molecule has 0 aliphatic heterocycles. The molecule has 1 N–H and O–H groups in total. The minimum atomic E-state index is -0.178. The van der Waals surface area contributed by atoms with E-state index in [0.717, 1.165) is 5.56 Å². The van der Waals surface area contributed by atoms with Crippen molar-refractivity contribution in [3.63, 3.8) is 0 Å². The third-order valence-electron chi connectivity index (χ3n) is 3.46. The van der Waals surface area contributed by atoms with E-state index in [1.54, 1.807) is 12.1 Å². The molecule has 0 aromatic heterocycles. The van der Waals surface area contributed by atoms with Crippen molar-refractivity contribution in [2.45, 2.75) is 20.5 Å². The van der Waals surface area contributed by atoms with E-state index in [2.05, 4.69) is 19.2 Å². The molecule has 0 bridgehead atoms. The van der Waals surface area contributed by atoms with Gasteiger partial charge in [0.15, 0.2) is 0 Å². The van der Waals surface area contributed by atoms with E-state index in [4.69, 9.17) is 21.1 Å². The van der Waals surface area contributed by atoms with Gasteiger partial charge in [0.05, 0.1) is 12.2 Å². The van der Waals surface area contributed by atoms with Gasteiger partial charge >= 0.3 is 0 Å². The Bertz CT molecular complexity index is 688. The third kappa shape index (κ3) is 6.40. The van der Waals surface area contributed by atoms with Crippen LogP contribution in [0.5, 0.6) is 5.75 Å². The zero-order valence-electron chi connectivity index (χ0n) is 14.6. The Kier molecular flexibility index (Phi) is 7.76. The number of rotatable bonds is 9. The Morgan fingerprint density at radius 2 is 1.84 bits per heavy atom. The molecule has 134 valence electrons. The highest BCUT2D eigenvalue weighted by molar-refractivity contribution is 6.31. The zero-order chi connectivity index (χ0) is 18.1. The van der Waals surface area contributed by atoms with Crippen LogP contribution in [-0.4, -0.2) is 25.7 Å². The number of nitrogens with one attached hydrogen (secondary N) is 1. The molecule has 1 amide bonds. The number of ether oxygens (including phenoxy) is 2. The summed E-state index contributed by atoms with van der Waals surface area (Å²) in [5.74, 6) is 0.834. The number of carbonyl (C=O) groups is 1. The number of para-hydroxylation sites is 1. The molecule has 5 heteroatoms. The van der Waals surface area contributed by atoms with E-state index < -0.39 is 0 Å². The highest BCUT2D eigenvalue weighted by atomic mass is 35.5. The Labute approximate surface area is 154 Å². The average molecular weight is 362 g/mol. The van der Waals surface area contributed by atoms with E-state index in [9.17, 15) is 4.79 Å². The maximum absolute atomic E-state index is 12.4. The number of halogens is 1. The highest BCUT2D eigenvalue weighted by Gasteiger charge is 2.12. The lowest BCUT2D eigenvalue weighted by Crippen LogP contribution is -2.28. The van der Waals surface area contributed by atoms with Crippen LogP contribution in [-0.2, 0) is 11.3 Å². The molecular formula is C20H24ClNO3. The van der Waals surface area contributed by atoms with Crippen LogP contribution in [0.4, 0.5) is 0 Å². The molecule has 0 aliphatic rings. The summed E-state index contributed by atoms with van der Waals surface area (Å²) in [5, 5.41) is 3.50. The van der Waals surface area contributed by atoms with Crippen molar-refractivity contribution in [3.05, 3.63) is 64.7 Å². The van der Waals surface area contributed by atoms with Gasteiger partial charge < -0.3 is 14.8 Å². The summed E-state index contributed by atoms with van der Waals surface area (Å²) in [4.78, 5) is 12.4. The van der Waals surface area contributed by atoms with Crippen molar-refractivity contribution >= 4 is 17.5 Å². The van der Waals surface area contributed by atoms with E-state index in [0.29, 0.717) is 48.6 Å². The predicted octanol–water partition coefficient (Wildman–Crippen LogP) is 4.32. The van der Waals surface area contributed by atoms with Crippen LogP contribution in [0.2, 0.25) is 5.02 Å². The van der Waals surface area contributed by atoms with Gasteiger partial charge in [0.2, 0.25) is 0 Å². The van der Waals surface area contributed by atoms with Crippen molar-refractivity contribution < 1.29 is 14.3 Å². The first kappa shape index (κ1) is 19.3. The fourth-order valence-corrected chi connectivity index (χ4v) is 2.39. The number of amides is 1. The summed E-state index contributed by atoms with van der Waals surface area (Å²) >= 11 is 6.14. The average Bonchev–Trinajstić information content (AvgIpc) is 2.60. The molecule has 0 saturated carbocycles. The van der Waals surface area contributed by atoms with E-state index in [1.807, 2.05) is 36.4 Å². The van der Waals surface area contributed by atoms with Crippen molar-refractivity contribution in [2.75, 3.05) is 19.8 Å². The molecule has 4 nitrogen and oxygen atoms in total. The maximum atomic E-state index is 12.4. The molecule has 0 heterocycles. The quantitative estimate of drug-likeness (QED) is 0.676. The second-order valence-corrected chi connectivity index (χ2v) is 6.51. The smallest absolute Gasteiger partial charge is 0.255 e. The zero-order valence-corrected chi connectivity index (χ0v) is 15.4. The summed E-state index contributed by atoms with van der Waals surface area (Å²) in [6.45, 7) is 6.13. The molecule has 0 radical (unpaired) electrons. The molecule has 2 aromatic carbocycles. The number of carbonyl (C=O) groups excluding carboxylic acids is 1. The molecule has 2 rings (SSSR count). The predicted molar refractivity (Wildman–Crippen MR) is 100 cm³/mol. The van der Waals surface area contributed by atoms with Gasteiger partial charge in [-0.1, -0.05) is 55.8 Å². The van der Waals surface area contributed by atoms with Gasteiger partial charge in [0.25, 0.3) is 5.91 Å². The molecule has 0 fully saturated rings. The lowest BCUT2D eigenvalue weighted by molar-refractivity contribution is 0.0882. The minimum absolute atomic E-state index is 0.178. The largest absolute Gasteiger partial charge is 0.488 e. The van der Waals surface area contributed by atoms with Crippen LogP contribution < -0.4 is 10.1 Å². The van der Waals surface area contributed by atoms with Crippen LogP contribution in [0.25, 0.3) is 0 Å². The highest BCUT2D eigenvalue weighted by Crippen LogP contribution is 2.21. The van der Waals surface area contributed by atoms with Gasteiger partial charge in [-0.25, -0.2) is 0 Å². The second-order valence-electron chi connectivity index (χ2n) is 6.10. The number of benzene rings is 2. The van der Waals surface area contributed by atoms with Gasteiger partial charge in [-0.05, 0) is 24.1 Å². The first-order chi connectivity index (χ1) is 12.1. The second kappa shape index (κ2) is 10.1. The molecule has 25 heavy (non-hydrogen) atoms. The molecule has 0 spiro atoms. The van der Waals surface area contributed by atoms with Crippen LogP contribution in [0.15, 0.2) is 48.5 Å². The fraction of sp³-hybridized carbons (Fsp3) is 0.350. The van der Waals surface area contributed by atoms with Gasteiger partial charge in [0, 0.05) is 23.7 Å². The molecule has 0 saturated heterocycles. The Hall–Kier alpha value is -2.04. The molecule has 2 aromatic rings. The molecule has 0 atom stereocenters. The summed E-state index contributed by atoms with van der Waals surface area (Å²) in [5.41, 5.74) is 1.37. The van der Waals surface area contributed by atoms with E-state index in [1.165, 1.54) is 0 Å². The van der Waals surface area contributed by atoms with Crippen LogP contribution in [0.1, 0.15) is 29.8 Å². The first-order valence-corrected chi connectivity index (χ1v) is 8.77. The summed E-state index contributed by atoms with van der Waals surface area (Å²) < 4.78 is 11.3. The third-order valence-corrected chi connectivity index (χ3v) is 3.82. The van der Waals surface area contributed by atoms with Crippen molar-refractivity contribution in [3.8, 4) is 5.75 Å². The van der Waals surface area contributed by atoms with Gasteiger partial charge in [0.1, 0.15) is 12.4 Å². The Morgan fingerprint density at radius 3 is 2.60 bits per heavy atom. The Morgan fingerprint density at radius 1 is 1.12 bits per heavy atom. The van der Waals surface area contributed by atoms with Gasteiger partial charge in [-0.2, -0.15) is 0 Å². The van der Waals surface area contributed by atoms with Crippen molar-refractivity contribution in [1.82, 2.24) is 5.32 Å². The van der Waals surface area contributed by atoms with Crippen molar-refractivity contribution in [2.24, 2.45) is 5.92 Å². The summed E-state index contributed by atoms with van der Waals surface area (Å²) in [7, 11) is 0. The Balaban J connectivity index is 1.91. The van der Waals surface area contributed by atoms with Gasteiger partial charge in [-0.15, -0.1) is 0 Å². The maximum Gasteiger partial charge on any atom is 0.255 e.